The average molecular weight is 388 g/mol. The van der Waals surface area contributed by atoms with Crippen molar-refractivity contribution in [2.45, 2.75) is 5.92 Å². The summed E-state index contributed by atoms with van der Waals surface area (Å²) in [7, 11) is 0. The number of benzene rings is 2. The molecule has 1 fully saturated rings. The maximum Gasteiger partial charge on any atom is 0.290 e. The van der Waals surface area contributed by atoms with Gasteiger partial charge in [-0.2, -0.15) is 0 Å². The Kier molecular flexibility index (Phi) is 5.75. The van der Waals surface area contributed by atoms with Crippen LogP contribution in [0.4, 0.5) is 4.79 Å². The molecule has 132 valence electrons. The van der Waals surface area contributed by atoms with Crippen LogP contribution in [-0.4, -0.2) is 24.0 Å². The van der Waals surface area contributed by atoms with Gasteiger partial charge >= 0.3 is 0 Å². The van der Waals surface area contributed by atoms with Crippen molar-refractivity contribution in [2.75, 3.05) is 6.61 Å². The van der Waals surface area contributed by atoms with Crippen LogP contribution in [0.2, 0.25) is 5.02 Å². The maximum absolute atomic E-state index is 11.5. The summed E-state index contributed by atoms with van der Waals surface area (Å²) in [4.78, 5) is 34.4. The second-order valence-electron chi connectivity index (χ2n) is 5.53. The van der Waals surface area contributed by atoms with Crippen molar-refractivity contribution in [2.24, 2.45) is 0 Å². The predicted octanol–water partition coefficient (Wildman–Crippen LogP) is 4.03. The van der Waals surface area contributed by atoms with Gasteiger partial charge < -0.3 is 9.53 Å². The minimum atomic E-state index is -0.417. The van der Waals surface area contributed by atoms with E-state index in [4.69, 9.17) is 16.3 Å². The molecule has 1 aliphatic rings. The summed E-state index contributed by atoms with van der Waals surface area (Å²) in [6.07, 6.45) is 2.46. The number of imide groups is 1. The Morgan fingerprint density at radius 1 is 1.15 bits per heavy atom. The number of rotatable bonds is 6. The zero-order valence-corrected chi connectivity index (χ0v) is 15.0. The summed E-state index contributed by atoms with van der Waals surface area (Å²) in [5.41, 5.74) is 1.56. The highest BCUT2D eigenvalue weighted by atomic mass is 35.5. The Balaban J connectivity index is 1.64. The lowest BCUT2D eigenvalue weighted by atomic mass is 10.0. The second-order valence-corrected chi connectivity index (χ2v) is 6.98. The summed E-state index contributed by atoms with van der Waals surface area (Å²) in [5.74, 6) is -0.212. The summed E-state index contributed by atoms with van der Waals surface area (Å²) >= 11 is 6.83. The molecular formula is C19H14ClNO4S. The Hall–Kier alpha value is -2.57. The lowest BCUT2D eigenvalue weighted by molar-refractivity contribution is -0.115. The van der Waals surface area contributed by atoms with Crippen LogP contribution < -0.4 is 10.1 Å². The third kappa shape index (κ3) is 4.53. The second kappa shape index (κ2) is 8.21. The summed E-state index contributed by atoms with van der Waals surface area (Å²) in [6.45, 7) is 0.192. The molecule has 1 N–H and O–H groups in total. The van der Waals surface area contributed by atoms with E-state index in [9.17, 15) is 14.4 Å². The highest BCUT2D eigenvalue weighted by Crippen LogP contribution is 2.26. The SMILES string of the molecule is O=CC(COc1ccc(C=C2SC(=O)NC2=O)cc1)c1cccc(Cl)c1. The zero-order valence-electron chi connectivity index (χ0n) is 13.5. The van der Waals surface area contributed by atoms with E-state index in [1.807, 2.05) is 6.07 Å². The molecule has 0 aromatic heterocycles. The van der Waals surface area contributed by atoms with Gasteiger partial charge in [0, 0.05) is 5.02 Å². The lowest BCUT2D eigenvalue weighted by Gasteiger charge is -2.13. The van der Waals surface area contributed by atoms with Crippen molar-refractivity contribution in [1.29, 1.82) is 0 Å². The molecular weight excluding hydrogens is 374 g/mol. The maximum atomic E-state index is 11.5. The van der Waals surface area contributed by atoms with Crippen LogP contribution in [0.5, 0.6) is 5.75 Å². The molecule has 3 rings (SSSR count). The van der Waals surface area contributed by atoms with E-state index in [0.717, 1.165) is 29.2 Å². The van der Waals surface area contributed by atoms with Gasteiger partial charge in [0.2, 0.25) is 0 Å². The number of ether oxygens (including phenoxy) is 1. The van der Waals surface area contributed by atoms with Crippen LogP contribution in [-0.2, 0) is 9.59 Å². The van der Waals surface area contributed by atoms with Gasteiger partial charge in [0.1, 0.15) is 18.6 Å². The Morgan fingerprint density at radius 2 is 1.92 bits per heavy atom. The minimum Gasteiger partial charge on any atom is -0.493 e. The molecule has 1 unspecified atom stereocenters. The largest absolute Gasteiger partial charge is 0.493 e. The third-order valence-corrected chi connectivity index (χ3v) is 4.74. The van der Waals surface area contributed by atoms with Crippen molar-refractivity contribution in [1.82, 2.24) is 5.32 Å². The number of aldehydes is 1. The summed E-state index contributed by atoms with van der Waals surface area (Å²) in [5, 5.41) is 2.40. The van der Waals surface area contributed by atoms with Crippen molar-refractivity contribution in [3.8, 4) is 5.75 Å². The normalized spacial score (nSPS) is 16.4. The molecule has 1 atom stereocenters. The molecule has 0 radical (unpaired) electrons. The molecule has 2 aromatic rings. The number of carbonyl (C=O) groups excluding carboxylic acids is 3. The molecule has 0 bridgehead atoms. The highest BCUT2D eigenvalue weighted by Gasteiger charge is 2.24. The molecule has 1 saturated heterocycles. The topological polar surface area (TPSA) is 72.5 Å². The Labute approximate surface area is 159 Å². The van der Waals surface area contributed by atoms with Gasteiger partial charge in [0.25, 0.3) is 11.1 Å². The number of thioether (sulfide) groups is 1. The Bertz CT molecular complexity index is 879. The first-order chi connectivity index (χ1) is 12.5. The smallest absolute Gasteiger partial charge is 0.290 e. The standard InChI is InChI=1S/C19H14ClNO4S/c20-15-3-1-2-13(9-15)14(10-22)11-25-16-6-4-12(5-7-16)8-17-18(23)21-19(24)26-17/h1-10,14H,11H2,(H,21,23,24). The van der Waals surface area contributed by atoms with Gasteiger partial charge in [-0.1, -0.05) is 35.9 Å². The Morgan fingerprint density at radius 3 is 2.54 bits per heavy atom. The van der Waals surface area contributed by atoms with Gasteiger partial charge in [0.15, 0.2) is 0 Å². The number of halogens is 1. The fourth-order valence-electron chi connectivity index (χ4n) is 2.37. The van der Waals surface area contributed by atoms with E-state index in [0.29, 0.717) is 15.7 Å². The molecule has 1 heterocycles. The van der Waals surface area contributed by atoms with Crippen molar-refractivity contribution >= 4 is 46.9 Å². The van der Waals surface area contributed by atoms with Crippen molar-refractivity contribution in [3.05, 3.63) is 69.6 Å². The van der Waals surface area contributed by atoms with Gasteiger partial charge in [0.05, 0.1) is 10.8 Å². The van der Waals surface area contributed by atoms with Gasteiger partial charge in [-0.25, -0.2) is 0 Å². The molecule has 7 heteroatoms. The molecule has 5 nitrogen and oxygen atoms in total. The number of carbonyl (C=O) groups is 3. The number of hydrogen-bond donors (Lipinski definition) is 1. The van der Waals surface area contributed by atoms with E-state index in [1.54, 1.807) is 48.5 Å². The molecule has 26 heavy (non-hydrogen) atoms. The van der Waals surface area contributed by atoms with Crippen LogP contribution >= 0.6 is 23.4 Å². The number of amides is 2. The quantitative estimate of drug-likeness (QED) is 0.598. The lowest BCUT2D eigenvalue weighted by Crippen LogP contribution is -2.17. The highest BCUT2D eigenvalue weighted by molar-refractivity contribution is 8.18. The van der Waals surface area contributed by atoms with Crippen LogP contribution in [0.1, 0.15) is 17.0 Å². The average Bonchev–Trinajstić information content (AvgIpc) is 2.94. The number of nitrogens with one attached hydrogen (secondary N) is 1. The first-order valence-electron chi connectivity index (χ1n) is 7.73. The monoisotopic (exact) mass is 387 g/mol. The van der Waals surface area contributed by atoms with Crippen LogP contribution in [0.15, 0.2) is 53.4 Å². The van der Waals surface area contributed by atoms with E-state index in [1.165, 1.54) is 0 Å². The molecule has 2 amide bonds. The molecule has 1 aliphatic heterocycles. The van der Waals surface area contributed by atoms with E-state index < -0.39 is 11.8 Å². The van der Waals surface area contributed by atoms with Gasteiger partial charge in [-0.05, 0) is 53.2 Å². The fraction of sp³-hybridized carbons (Fsp3) is 0.105. The van der Waals surface area contributed by atoms with E-state index >= 15 is 0 Å². The predicted molar refractivity (Wildman–Crippen MR) is 101 cm³/mol. The first-order valence-corrected chi connectivity index (χ1v) is 8.93. The van der Waals surface area contributed by atoms with E-state index in [-0.39, 0.29) is 11.8 Å². The van der Waals surface area contributed by atoms with Crippen LogP contribution in [0, 0.1) is 0 Å². The van der Waals surface area contributed by atoms with E-state index in [2.05, 4.69) is 5.32 Å². The first kappa shape index (κ1) is 18.2. The van der Waals surface area contributed by atoms with Crippen LogP contribution in [0.3, 0.4) is 0 Å². The molecule has 0 aliphatic carbocycles. The van der Waals surface area contributed by atoms with Crippen molar-refractivity contribution in [3.63, 3.8) is 0 Å². The summed E-state index contributed by atoms with van der Waals surface area (Å²) < 4.78 is 5.68. The van der Waals surface area contributed by atoms with Gasteiger partial charge in [-0.3, -0.25) is 14.9 Å². The molecule has 0 spiro atoms. The van der Waals surface area contributed by atoms with Crippen LogP contribution in [0.25, 0.3) is 6.08 Å². The number of hydrogen-bond acceptors (Lipinski definition) is 5. The summed E-state index contributed by atoms with van der Waals surface area (Å²) in [6, 6.07) is 14.1. The minimum absolute atomic E-state index is 0.192. The zero-order chi connectivity index (χ0) is 18.5. The third-order valence-electron chi connectivity index (χ3n) is 3.69. The van der Waals surface area contributed by atoms with Crippen molar-refractivity contribution < 1.29 is 19.1 Å². The molecule has 2 aromatic carbocycles. The fourth-order valence-corrected chi connectivity index (χ4v) is 3.25. The van der Waals surface area contributed by atoms with Gasteiger partial charge in [-0.15, -0.1) is 0 Å². The molecule has 0 saturated carbocycles.